The van der Waals surface area contributed by atoms with Crippen LogP contribution in [0.4, 0.5) is 5.82 Å². The molecule has 1 aliphatic rings. The van der Waals surface area contributed by atoms with Gasteiger partial charge in [-0.2, -0.15) is 5.26 Å². The summed E-state index contributed by atoms with van der Waals surface area (Å²) < 4.78 is 16.2. The maximum atomic E-state index is 9.33. The fourth-order valence-corrected chi connectivity index (χ4v) is 3.14. The van der Waals surface area contributed by atoms with E-state index in [1.165, 1.54) is 0 Å². The minimum Gasteiger partial charge on any atom is -0.496 e. The number of aromatic nitrogens is 1. The molecular weight excluding hydrogens is 320 g/mol. The molecule has 0 aliphatic carbocycles. The Labute approximate surface area is 146 Å². The van der Waals surface area contributed by atoms with E-state index in [0.717, 1.165) is 22.4 Å². The highest BCUT2D eigenvalue weighted by Gasteiger charge is 2.25. The summed E-state index contributed by atoms with van der Waals surface area (Å²) >= 11 is 0. The SMILES string of the molecule is COc1cc(OC)c(OC)cc1CN1Cc2cnc(N)c(C#N)c2C1. The van der Waals surface area contributed by atoms with Gasteiger partial charge >= 0.3 is 0 Å². The third kappa shape index (κ3) is 3.04. The van der Waals surface area contributed by atoms with Crippen molar-refractivity contribution in [1.82, 2.24) is 9.88 Å². The third-order valence-electron chi connectivity index (χ3n) is 4.37. The molecule has 2 heterocycles. The Morgan fingerprint density at radius 1 is 1.12 bits per heavy atom. The van der Waals surface area contributed by atoms with Crippen LogP contribution in [0.2, 0.25) is 0 Å². The summed E-state index contributed by atoms with van der Waals surface area (Å²) in [6.07, 6.45) is 1.75. The van der Waals surface area contributed by atoms with Crippen molar-refractivity contribution in [1.29, 1.82) is 5.26 Å². The number of ether oxygens (including phenoxy) is 3. The van der Waals surface area contributed by atoms with E-state index in [2.05, 4.69) is 16.0 Å². The maximum Gasteiger partial charge on any atom is 0.164 e. The van der Waals surface area contributed by atoms with E-state index in [9.17, 15) is 5.26 Å². The summed E-state index contributed by atoms with van der Waals surface area (Å²) in [6.45, 7) is 1.99. The Bertz CT molecular complexity index is 845. The zero-order valence-corrected chi connectivity index (χ0v) is 14.5. The average Bonchev–Trinajstić information content (AvgIpc) is 3.03. The largest absolute Gasteiger partial charge is 0.496 e. The molecule has 2 N–H and O–H groups in total. The molecule has 0 bridgehead atoms. The van der Waals surface area contributed by atoms with E-state index >= 15 is 0 Å². The van der Waals surface area contributed by atoms with E-state index in [1.54, 1.807) is 27.5 Å². The first-order valence-corrected chi connectivity index (χ1v) is 7.78. The van der Waals surface area contributed by atoms with Gasteiger partial charge in [0.1, 0.15) is 17.6 Å². The highest BCUT2D eigenvalue weighted by atomic mass is 16.5. The Balaban J connectivity index is 1.88. The number of methoxy groups -OCH3 is 3. The van der Waals surface area contributed by atoms with Gasteiger partial charge in [-0.15, -0.1) is 0 Å². The monoisotopic (exact) mass is 340 g/mol. The molecule has 0 amide bonds. The standard InChI is InChI=1S/C18H20N4O3/c1-23-15-5-17(25-3)16(24-2)4-11(15)8-22-9-12-7-21-18(20)13(6-19)14(12)10-22/h4-5,7H,8-10H2,1-3H3,(H2,20,21). The van der Waals surface area contributed by atoms with Crippen LogP contribution in [0.25, 0.3) is 0 Å². The number of benzene rings is 1. The number of anilines is 1. The van der Waals surface area contributed by atoms with Gasteiger partial charge in [0.05, 0.1) is 26.9 Å². The van der Waals surface area contributed by atoms with Crippen molar-refractivity contribution in [3.63, 3.8) is 0 Å². The molecule has 130 valence electrons. The zero-order valence-electron chi connectivity index (χ0n) is 14.5. The molecule has 1 aliphatic heterocycles. The zero-order chi connectivity index (χ0) is 18.0. The third-order valence-corrected chi connectivity index (χ3v) is 4.37. The van der Waals surface area contributed by atoms with Crippen LogP contribution < -0.4 is 19.9 Å². The Morgan fingerprint density at radius 3 is 2.44 bits per heavy atom. The molecule has 1 aromatic heterocycles. The van der Waals surface area contributed by atoms with Crippen molar-refractivity contribution in [2.24, 2.45) is 0 Å². The van der Waals surface area contributed by atoms with Crippen LogP contribution >= 0.6 is 0 Å². The quantitative estimate of drug-likeness (QED) is 0.890. The van der Waals surface area contributed by atoms with Crippen molar-refractivity contribution >= 4 is 5.82 Å². The van der Waals surface area contributed by atoms with Gasteiger partial charge in [-0.05, 0) is 17.2 Å². The molecule has 0 unspecified atom stereocenters. The van der Waals surface area contributed by atoms with Crippen LogP contribution in [-0.4, -0.2) is 31.2 Å². The minimum absolute atomic E-state index is 0.284. The number of fused-ring (bicyclic) bond motifs is 1. The molecule has 7 nitrogen and oxygen atoms in total. The van der Waals surface area contributed by atoms with Gasteiger partial charge in [0.25, 0.3) is 0 Å². The maximum absolute atomic E-state index is 9.33. The molecule has 2 aromatic rings. The molecule has 0 spiro atoms. The number of nitrogen functional groups attached to an aromatic ring is 1. The smallest absolute Gasteiger partial charge is 0.164 e. The van der Waals surface area contributed by atoms with E-state index < -0.39 is 0 Å². The number of nitrogens with two attached hydrogens (primary N) is 1. The van der Waals surface area contributed by atoms with E-state index in [1.807, 2.05) is 12.1 Å². The van der Waals surface area contributed by atoms with Crippen LogP contribution in [0, 0.1) is 11.3 Å². The van der Waals surface area contributed by atoms with Crippen molar-refractivity contribution in [2.45, 2.75) is 19.6 Å². The van der Waals surface area contributed by atoms with E-state index in [4.69, 9.17) is 19.9 Å². The summed E-state index contributed by atoms with van der Waals surface area (Å²) in [5.41, 5.74) is 9.25. The number of hydrogen-bond donors (Lipinski definition) is 1. The second-order valence-corrected chi connectivity index (χ2v) is 5.80. The topological polar surface area (TPSA) is 93.6 Å². The van der Waals surface area contributed by atoms with Crippen LogP contribution in [0.5, 0.6) is 17.2 Å². The normalized spacial score (nSPS) is 13.2. The lowest BCUT2D eigenvalue weighted by molar-refractivity contribution is 0.268. The first-order valence-electron chi connectivity index (χ1n) is 7.78. The molecular formula is C18H20N4O3. The molecule has 0 atom stereocenters. The number of nitriles is 1. The summed E-state index contributed by atoms with van der Waals surface area (Å²) in [7, 11) is 4.82. The van der Waals surface area contributed by atoms with Gasteiger partial charge < -0.3 is 19.9 Å². The molecule has 0 radical (unpaired) electrons. The lowest BCUT2D eigenvalue weighted by Gasteiger charge is -2.19. The first-order chi connectivity index (χ1) is 12.1. The fourth-order valence-electron chi connectivity index (χ4n) is 3.14. The second kappa shape index (κ2) is 6.87. The Hall–Kier alpha value is -2.98. The minimum atomic E-state index is 0.284. The van der Waals surface area contributed by atoms with Gasteiger partial charge in [-0.1, -0.05) is 0 Å². The van der Waals surface area contributed by atoms with Gasteiger partial charge in [-0.3, -0.25) is 4.90 Å². The van der Waals surface area contributed by atoms with Crippen LogP contribution in [0.1, 0.15) is 22.3 Å². The first kappa shape index (κ1) is 16.9. The molecule has 25 heavy (non-hydrogen) atoms. The number of rotatable bonds is 5. The summed E-state index contributed by atoms with van der Waals surface area (Å²) in [4.78, 5) is 6.32. The Morgan fingerprint density at radius 2 is 1.80 bits per heavy atom. The highest BCUT2D eigenvalue weighted by molar-refractivity contribution is 5.56. The highest BCUT2D eigenvalue weighted by Crippen LogP contribution is 2.36. The van der Waals surface area contributed by atoms with Gasteiger partial charge in [0.2, 0.25) is 0 Å². The van der Waals surface area contributed by atoms with Crippen LogP contribution in [0.15, 0.2) is 18.3 Å². The van der Waals surface area contributed by atoms with Gasteiger partial charge in [0.15, 0.2) is 11.5 Å². The number of nitrogens with zero attached hydrogens (tertiary/aromatic N) is 3. The lowest BCUT2D eigenvalue weighted by atomic mass is 10.1. The fraction of sp³-hybridized carbons (Fsp3) is 0.333. The number of hydrogen-bond acceptors (Lipinski definition) is 7. The van der Waals surface area contributed by atoms with E-state index in [-0.39, 0.29) is 5.82 Å². The molecule has 7 heteroatoms. The Kier molecular flexibility index (Phi) is 4.63. The van der Waals surface area contributed by atoms with Gasteiger partial charge in [-0.25, -0.2) is 4.98 Å². The van der Waals surface area contributed by atoms with Crippen molar-refractivity contribution in [3.05, 3.63) is 40.6 Å². The summed E-state index contributed by atoms with van der Waals surface area (Å²) in [6, 6.07) is 5.89. The van der Waals surface area contributed by atoms with Gasteiger partial charge in [0, 0.05) is 37.5 Å². The van der Waals surface area contributed by atoms with Crippen molar-refractivity contribution < 1.29 is 14.2 Å². The molecule has 0 saturated heterocycles. The summed E-state index contributed by atoms with van der Waals surface area (Å²) in [5.74, 6) is 2.29. The van der Waals surface area contributed by atoms with Crippen LogP contribution in [0.3, 0.4) is 0 Å². The van der Waals surface area contributed by atoms with Crippen LogP contribution in [-0.2, 0) is 19.6 Å². The molecule has 0 saturated carbocycles. The summed E-state index contributed by atoms with van der Waals surface area (Å²) in [5, 5.41) is 9.33. The lowest BCUT2D eigenvalue weighted by Crippen LogP contribution is -2.16. The van der Waals surface area contributed by atoms with Crippen molar-refractivity contribution in [3.8, 4) is 23.3 Å². The van der Waals surface area contributed by atoms with E-state index in [0.29, 0.717) is 36.7 Å². The van der Waals surface area contributed by atoms with Crippen molar-refractivity contribution in [2.75, 3.05) is 27.1 Å². The second-order valence-electron chi connectivity index (χ2n) is 5.80. The average molecular weight is 340 g/mol. The molecule has 0 fully saturated rings. The molecule has 3 rings (SSSR count). The molecule has 1 aromatic carbocycles. The number of pyridine rings is 1. The predicted octanol–water partition coefficient (Wildman–Crippen LogP) is 2.08. The predicted molar refractivity (Wildman–Crippen MR) is 92.4 cm³/mol.